The molecule has 6 nitrogen and oxygen atoms in total. The van der Waals surface area contributed by atoms with Crippen LogP contribution in [-0.2, 0) is 14.6 Å². The number of halogens is 1. The maximum atomic E-state index is 12.2. The van der Waals surface area contributed by atoms with Crippen LogP contribution in [-0.4, -0.2) is 32.5 Å². The summed E-state index contributed by atoms with van der Waals surface area (Å²) in [5.41, 5.74) is 0.848. The fraction of sp³-hybridized carbons (Fsp3) is 0.222. The van der Waals surface area contributed by atoms with Gasteiger partial charge in [0.1, 0.15) is 0 Å². The molecule has 0 unspecified atom stereocenters. The Morgan fingerprint density at radius 3 is 2.42 bits per heavy atom. The number of sulfone groups is 1. The summed E-state index contributed by atoms with van der Waals surface area (Å²) in [5.74, 6) is -1.01. The molecule has 0 aliphatic rings. The highest BCUT2D eigenvalue weighted by Gasteiger charge is 2.16. The summed E-state index contributed by atoms with van der Waals surface area (Å²) in [4.78, 5) is 24.0. The van der Waals surface area contributed by atoms with Crippen LogP contribution in [0.4, 0.5) is 5.69 Å². The van der Waals surface area contributed by atoms with Gasteiger partial charge in [-0.05, 0) is 49.4 Å². The minimum Gasteiger partial charge on any atom is -0.352 e. The molecule has 2 rings (SSSR count). The van der Waals surface area contributed by atoms with E-state index in [9.17, 15) is 18.0 Å². The predicted molar refractivity (Wildman–Crippen MR) is 101 cm³/mol. The molecule has 0 radical (unpaired) electrons. The van der Waals surface area contributed by atoms with Gasteiger partial charge >= 0.3 is 0 Å². The summed E-state index contributed by atoms with van der Waals surface area (Å²) in [5, 5.41) is 5.72. The van der Waals surface area contributed by atoms with E-state index in [1.54, 1.807) is 18.2 Å². The van der Waals surface area contributed by atoms with Crippen LogP contribution in [0.1, 0.15) is 23.7 Å². The number of anilines is 1. The van der Waals surface area contributed by atoms with E-state index in [1.165, 1.54) is 30.3 Å². The average Bonchev–Trinajstić information content (AvgIpc) is 2.61. The second kappa shape index (κ2) is 8.82. The van der Waals surface area contributed by atoms with E-state index in [2.05, 4.69) is 10.6 Å². The number of hydrogen-bond acceptors (Lipinski definition) is 4. The number of benzene rings is 2. The molecule has 0 aromatic heterocycles. The van der Waals surface area contributed by atoms with Gasteiger partial charge in [0, 0.05) is 29.2 Å². The van der Waals surface area contributed by atoms with E-state index in [0.717, 1.165) is 0 Å². The third-order valence-corrected chi connectivity index (χ3v) is 5.50. The van der Waals surface area contributed by atoms with E-state index in [1.807, 2.05) is 6.92 Å². The van der Waals surface area contributed by atoms with Crippen molar-refractivity contribution in [3.63, 3.8) is 0 Å². The van der Waals surface area contributed by atoms with Gasteiger partial charge in [-0.1, -0.05) is 17.7 Å². The smallest absolute Gasteiger partial charge is 0.251 e. The van der Waals surface area contributed by atoms with Crippen LogP contribution < -0.4 is 10.6 Å². The highest BCUT2D eigenvalue weighted by Crippen LogP contribution is 2.17. The van der Waals surface area contributed by atoms with Crippen molar-refractivity contribution in [1.29, 1.82) is 0 Å². The molecule has 2 amide bonds. The second-order valence-corrected chi connectivity index (χ2v) is 8.06. The van der Waals surface area contributed by atoms with Gasteiger partial charge in [-0.2, -0.15) is 0 Å². The third kappa shape index (κ3) is 5.57. The molecular formula is C18H19ClN2O4S. The summed E-state index contributed by atoms with van der Waals surface area (Å²) >= 11 is 5.75. The van der Waals surface area contributed by atoms with Crippen molar-refractivity contribution in [2.24, 2.45) is 0 Å². The summed E-state index contributed by atoms with van der Waals surface area (Å²) in [6.45, 7) is 2.31. The molecule has 2 aromatic rings. The Morgan fingerprint density at radius 1 is 1.08 bits per heavy atom. The Labute approximate surface area is 157 Å². The number of carbonyl (C=O) groups excluding carboxylic acids is 2. The average molecular weight is 395 g/mol. The highest BCUT2D eigenvalue weighted by atomic mass is 35.5. The Hall–Kier alpha value is -2.38. The highest BCUT2D eigenvalue weighted by molar-refractivity contribution is 7.91. The van der Waals surface area contributed by atoms with Crippen molar-refractivity contribution in [3.8, 4) is 0 Å². The molecule has 138 valence electrons. The van der Waals surface area contributed by atoms with Gasteiger partial charge in [0.25, 0.3) is 5.91 Å². The fourth-order valence-electron chi connectivity index (χ4n) is 2.21. The van der Waals surface area contributed by atoms with E-state index < -0.39 is 15.7 Å². The zero-order valence-electron chi connectivity index (χ0n) is 14.2. The summed E-state index contributed by atoms with van der Waals surface area (Å²) in [6.07, 6.45) is -0.198. The first-order chi connectivity index (χ1) is 12.3. The minimum absolute atomic E-state index is 0.118. The van der Waals surface area contributed by atoms with Crippen molar-refractivity contribution in [1.82, 2.24) is 5.32 Å². The SMILES string of the molecule is CCNC(=O)c1cccc(NC(=O)CCS(=O)(=O)c2ccc(Cl)cc2)c1. The largest absolute Gasteiger partial charge is 0.352 e. The summed E-state index contributed by atoms with van der Waals surface area (Å²) < 4.78 is 24.5. The number of nitrogens with one attached hydrogen (secondary N) is 2. The van der Waals surface area contributed by atoms with Gasteiger partial charge in [0.2, 0.25) is 5.91 Å². The van der Waals surface area contributed by atoms with Crippen LogP contribution >= 0.6 is 11.6 Å². The van der Waals surface area contributed by atoms with Crippen LogP contribution in [0.25, 0.3) is 0 Å². The van der Waals surface area contributed by atoms with Crippen LogP contribution in [0.5, 0.6) is 0 Å². The maximum Gasteiger partial charge on any atom is 0.251 e. The molecule has 0 saturated heterocycles. The van der Waals surface area contributed by atoms with Crippen molar-refractivity contribution in [2.75, 3.05) is 17.6 Å². The minimum atomic E-state index is -3.58. The standard InChI is InChI=1S/C18H19ClN2O4S/c1-2-20-18(23)13-4-3-5-15(12-13)21-17(22)10-11-26(24,25)16-8-6-14(19)7-9-16/h3-9,12H,2,10-11H2,1H3,(H,20,23)(H,21,22). The molecule has 0 atom stereocenters. The number of hydrogen-bond donors (Lipinski definition) is 2. The Morgan fingerprint density at radius 2 is 1.77 bits per heavy atom. The Kier molecular flexibility index (Phi) is 6.76. The predicted octanol–water partition coefficient (Wildman–Crippen LogP) is 2.89. The van der Waals surface area contributed by atoms with Gasteiger partial charge in [-0.25, -0.2) is 8.42 Å². The quantitative estimate of drug-likeness (QED) is 0.755. The molecule has 2 aromatic carbocycles. The summed E-state index contributed by atoms with van der Waals surface area (Å²) in [6, 6.07) is 12.2. The van der Waals surface area contributed by atoms with Crippen molar-refractivity contribution >= 4 is 38.9 Å². The van der Waals surface area contributed by atoms with Crippen LogP contribution in [0, 0.1) is 0 Å². The molecule has 0 fully saturated rings. The molecule has 0 spiro atoms. The lowest BCUT2D eigenvalue weighted by molar-refractivity contribution is -0.115. The second-order valence-electron chi connectivity index (χ2n) is 5.51. The Bertz CT molecular complexity index is 896. The molecule has 0 aliphatic heterocycles. The summed E-state index contributed by atoms with van der Waals surface area (Å²) in [7, 11) is -3.58. The normalized spacial score (nSPS) is 11.0. The molecule has 0 aliphatic carbocycles. The van der Waals surface area contributed by atoms with Crippen molar-refractivity contribution in [3.05, 3.63) is 59.1 Å². The maximum absolute atomic E-state index is 12.2. The van der Waals surface area contributed by atoms with Crippen LogP contribution in [0.15, 0.2) is 53.4 Å². The van der Waals surface area contributed by atoms with E-state index >= 15 is 0 Å². The lowest BCUT2D eigenvalue weighted by atomic mass is 10.2. The molecule has 0 bridgehead atoms. The first-order valence-corrected chi connectivity index (χ1v) is 10.0. The molecular weight excluding hydrogens is 376 g/mol. The number of carbonyl (C=O) groups is 2. The zero-order valence-corrected chi connectivity index (χ0v) is 15.7. The van der Waals surface area contributed by atoms with Gasteiger partial charge in [0.05, 0.1) is 10.6 Å². The topological polar surface area (TPSA) is 92.3 Å². The molecule has 8 heteroatoms. The van der Waals surface area contributed by atoms with Gasteiger partial charge in [0.15, 0.2) is 9.84 Å². The van der Waals surface area contributed by atoms with E-state index in [4.69, 9.17) is 11.6 Å². The van der Waals surface area contributed by atoms with Crippen LogP contribution in [0.3, 0.4) is 0 Å². The van der Waals surface area contributed by atoms with E-state index in [-0.39, 0.29) is 23.0 Å². The molecule has 2 N–H and O–H groups in total. The number of amides is 2. The monoisotopic (exact) mass is 394 g/mol. The van der Waals surface area contributed by atoms with Crippen LogP contribution in [0.2, 0.25) is 5.02 Å². The van der Waals surface area contributed by atoms with E-state index in [0.29, 0.717) is 22.8 Å². The zero-order chi connectivity index (χ0) is 19.2. The Balaban J connectivity index is 1.97. The molecule has 0 heterocycles. The third-order valence-electron chi connectivity index (χ3n) is 3.52. The number of rotatable bonds is 7. The molecule has 26 heavy (non-hydrogen) atoms. The first kappa shape index (κ1) is 19.9. The van der Waals surface area contributed by atoms with Gasteiger partial charge < -0.3 is 10.6 Å². The van der Waals surface area contributed by atoms with Crippen molar-refractivity contribution < 1.29 is 18.0 Å². The molecule has 0 saturated carbocycles. The van der Waals surface area contributed by atoms with Gasteiger partial charge in [-0.15, -0.1) is 0 Å². The van der Waals surface area contributed by atoms with Gasteiger partial charge in [-0.3, -0.25) is 9.59 Å². The lowest BCUT2D eigenvalue weighted by Crippen LogP contribution is -2.23. The first-order valence-electron chi connectivity index (χ1n) is 7.98. The lowest BCUT2D eigenvalue weighted by Gasteiger charge is -2.08. The van der Waals surface area contributed by atoms with Crippen molar-refractivity contribution in [2.45, 2.75) is 18.2 Å². The fourth-order valence-corrected chi connectivity index (χ4v) is 3.58.